The van der Waals surface area contributed by atoms with Gasteiger partial charge in [0.1, 0.15) is 11.6 Å². The van der Waals surface area contributed by atoms with Crippen LogP contribution in [0.4, 0.5) is 5.82 Å². The lowest BCUT2D eigenvalue weighted by molar-refractivity contribution is -0.131. The zero-order chi connectivity index (χ0) is 18.1. The highest BCUT2D eigenvalue weighted by Crippen LogP contribution is 2.32. The van der Waals surface area contributed by atoms with E-state index in [4.69, 9.17) is 0 Å². The molecule has 0 saturated carbocycles. The highest BCUT2D eigenvalue weighted by Gasteiger charge is 2.32. The van der Waals surface area contributed by atoms with Crippen LogP contribution in [-0.2, 0) is 18.3 Å². The molecule has 1 amide bonds. The average Bonchev–Trinajstić information content (AvgIpc) is 3.15. The Hall–Kier alpha value is -2.44. The number of carbonyl (C=O) groups excluding carboxylic acids is 1. The summed E-state index contributed by atoms with van der Waals surface area (Å²) in [5, 5.41) is 7.49. The topological polar surface area (TPSA) is 75.9 Å². The Morgan fingerprint density at radius 1 is 1.32 bits per heavy atom. The molecule has 0 unspecified atom stereocenters. The predicted octanol–water partition coefficient (Wildman–Crippen LogP) is 2.08. The lowest BCUT2D eigenvalue weighted by atomic mass is 10.1. The lowest BCUT2D eigenvalue weighted by Gasteiger charge is -2.25. The van der Waals surface area contributed by atoms with E-state index in [1.165, 1.54) is 0 Å². The first-order chi connectivity index (χ1) is 11.9. The molecule has 0 aromatic carbocycles. The van der Waals surface area contributed by atoms with Gasteiger partial charge in [-0.3, -0.25) is 9.48 Å². The third-order valence-corrected chi connectivity index (χ3v) is 5.02. The smallest absolute Gasteiger partial charge is 0.227 e. The SMILES string of the molecule is CNc1cc([C@@H]2CCCN2C(=O)Cc2c(C)nn(C)c2C)nc(C)n1. The van der Waals surface area contributed by atoms with Gasteiger partial charge in [-0.15, -0.1) is 0 Å². The average molecular weight is 342 g/mol. The van der Waals surface area contributed by atoms with Gasteiger partial charge in [-0.05, 0) is 33.6 Å². The van der Waals surface area contributed by atoms with Crippen molar-refractivity contribution in [3.8, 4) is 0 Å². The summed E-state index contributed by atoms with van der Waals surface area (Å²) in [6.45, 7) is 6.63. The van der Waals surface area contributed by atoms with E-state index in [1.54, 1.807) is 0 Å². The maximum Gasteiger partial charge on any atom is 0.227 e. The summed E-state index contributed by atoms with van der Waals surface area (Å²) in [6.07, 6.45) is 2.33. The molecule has 0 spiro atoms. The van der Waals surface area contributed by atoms with Crippen LogP contribution in [0.2, 0.25) is 0 Å². The van der Waals surface area contributed by atoms with Crippen LogP contribution in [0.5, 0.6) is 0 Å². The zero-order valence-corrected chi connectivity index (χ0v) is 15.6. The Morgan fingerprint density at radius 3 is 2.72 bits per heavy atom. The van der Waals surface area contributed by atoms with Gasteiger partial charge in [0.25, 0.3) is 0 Å². The first-order valence-electron chi connectivity index (χ1n) is 8.72. The second kappa shape index (κ2) is 6.82. The van der Waals surface area contributed by atoms with Crippen molar-refractivity contribution in [3.63, 3.8) is 0 Å². The quantitative estimate of drug-likeness (QED) is 0.921. The molecule has 1 aliphatic heterocycles. The first-order valence-corrected chi connectivity index (χ1v) is 8.72. The molecule has 134 valence electrons. The molecule has 2 aromatic rings. The Balaban J connectivity index is 1.84. The number of aromatic nitrogens is 4. The largest absolute Gasteiger partial charge is 0.373 e. The van der Waals surface area contributed by atoms with Crippen molar-refractivity contribution in [2.75, 3.05) is 18.9 Å². The lowest BCUT2D eigenvalue weighted by Crippen LogP contribution is -2.32. The van der Waals surface area contributed by atoms with Gasteiger partial charge < -0.3 is 10.2 Å². The number of hydrogen-bond acceptors (Lipinski definition) is 5. The maximum atomic E-state index is 13.0. The Bertz CT molecular complexity index is 797. The Kier molecular flexibility index (Phi) is 4.74. The molecule has 2 aromatic heterocycles. The molecule has 7 heteroatoms. The molecule has 1 N–H and O–H groups in total. The van der Waals surface area contributed by atoms with E-state index in [1.807, 2.05) is 50.5 Å². The van der Waals surface area contributed by atoms with E-state index in [-0.39, 0.29) is 11.9 Å². The minimum absolute atomic E-state index is 0.0265. The number of amides is 1. The Morgan fingerprint density at radius 2 is 2.08 bits per heavy atom. The van der Waals surface area contributed by atoms with E-state index in [0.717, 1.165) is 53.7 Å². The van der Waals surface area contributed by atoms with Crippen LogP contribution in [0.15, 0.2) is 6.07 Å². The monoisotopic (exact) mass is 342 g/mol. The summed E-state index contributed by atoms with van der Waals surface area (Å²) in [6, 6.07) is 1.97. The van der Waals surface area contributed by atoms with E-state index < -0.39 is 0 Å². The van der Waals surface area contributed by atoms with Gasteiger partial charge in [-0.2, -0.15) is 5.10 Å². The molecule has 1 saturated heterocycles. The molecule has 7 nitrogen and oxygen atoms in total. The number of aryl methyl sites for hydroxylation is 3. The molecule has 1 fully saturated rings. The molecule has 0 aliphatic carbocycles. The van der Waals surface area contributed by atoms with Gasteiger partial charge >= 0.3 is 0 Å². The molecule has 3 rings (SSSR count). The third-order valence-electron chi connectivity index (χ3n) is 5.02. The normalized spacial score (nSPS) is 17.2. The standard InChI is InChI=1S/C18H26N6O/c1-11-14(12(2)23(5)22-11)9-18(25)24-8-6-7-16(24)15-10-17(19-4)21-13(3)20-15/h10,16H,6-9H2,1-5H3,(H,19,20,21)/t16-/m0/s1. The van der Waals surface area contributed by atoms with Crippen LogP contribution >= 0.6 is 0 Å². The molecule has 1 aliphatic rings. The number of likely N-dealkylation sites (tertiary alicyclic amines) is 1. The fraction of sp³-hybridized carbons (Fsp3) is 0.556. The highest BCUT2D eigenvalue weighted by molar-refractivity contribution is 5.80. The first kappa shape index (κ1) is 17.4. The van der Waals surface area contributed by atoms with Gasteiger partial charge in [-0.25, -0.2) is 9.97 Å². The second-order valence-corrected chi connectivity index (χ2v) is 6.67. The molecule has 0 radical (unpaired) electrons. The van der Waals surface area contributed by atoms with Crippen molar-refractivity contribution in [2.24, 2.45) is 7.05 Å². The third kappa shape index (κ3) is 3.36. The highest BCUT2D eigenvalue weighted by atomic mass is 16.2. The van der Waals surface area contributed by atoms with E-state index >= 15 is 0 Å². The predicted molar refractivity (Wildman–Crippen MR) is 96.4 cm³/mol. The van der Waals surface area contributed by atoms with Crippen LogP contribution in [0.1, 0.15) is 47.4 Å². The van der Waals surface area contributed by atoms with Crippen molar-refractivity contribution in [2.45, 2.75) is 46.1 Å². The van der Waals surface area contributed by atoms with Gasteiger partial charge in [0, 0.05) is 38.0 Å². The summed E-state index contributed by atoms with van der Waals surface area (Å²) in [5.74, 6) is 1.66. The van der Waals surface area contributed by atoms with E-state index in [2.05, 4.69) is 20.4 Å². The summed E-state index contributed by atoms with van der Waals surface area (Å²) >= 11 is 0. The number of hydrogen-bond donors (Lipinski definition) is 1. The van der Waals surface area contributed by atoms with Crippen LogP contribution in [0.25, 0.3) is 0 Å². The van der Waals surface area contributed by atoms with Crippen molar-refractivity contribution < 1.29 is 4.79 Å². The van der Waals surface area contributed by atoms with Crippen molar-refractivity contribution in [3.05, 3.63) is 34.5 Å². The van der Waals surface area contributed by atoms with Crippen molar-refractivity contribution in [1.82, 2.24) is 24.6 Å². The molecule has 25 heavy (non-hydrogen) atoms. The molecular formula is C18H26N6O. The number of rotatable bonds is 4. The summed E-state index contributed by atoms with van der Waals surface area (Å²) in [5.41, 5.74) is 3.94. The van der Waals surface area contributed by atoms with Crippen molar-refractivity contribution in [1.29, 1.82) is 0 Å². The van der Waals surface area contributed by atoms with Gasteiger partial charge in [0.05, 0.1) is 23.9 Å². The van der Waals surface area contributed by atoms with Crippen LogP contribution < -0.4 is 5.32 Å². The van der Waals surface area contributed by atoms with Gasteiger partial charge in [0.15, 0.2) is 0 Å². The fourth-order valence-electron chi connectivity index (χ4n) is 3.59. The van der Waals surface area contributed by atoms with Gasteiger partial charge in [-0.1, -0.05) is 0 Å². The van der Waals surface area contributed by atoms with Crippen molar-refractivity contribution >= 4 is 11.7 Å². The van der Waals surface area contributed by atoms with E-state index in [0.29, 0.717) is 6.42 Å². The Labute approximate surface area is 148 Å². The summed E-state index contributed by atoms with van der Waals surface area (Å²) in [7, 11) is 3.76. The van der Waals surface area contributed by atoms with Gasteiger partial charge in [0.2, 0.25) is 5.91 Å². The maximum absolute atomic E-state index is 13.0. The van der Waals surface area contributed by atoms with Crippen LogP contribution in [0, 0.1) is 20.8 Å². The van der Waals surface area contributed by atoms with Crippen LogP contribution in [0.3, 0.4) is 0 Å². The second-order valence-electron chi connectivity index (χ2n) is 6.67. The summed E-state index contributed by atoms with van der Waals surface area (Å²) in [4.78, 5) is 23.9. The molecule has 1 atom stereocenters. The number of nitrogens with zero attached hydrogens (tertiary/aromatic N) is 5. The zero-order valence-electron chi connectivity index (χ0n) is 15.6. The number of carbonyl (C=O) groups is 1. The summed E-state index contributed by atoms with van der Waals surface area (Å²) < 4.78 is 1.84. The number of nitrogens with one attached hydrogen (secondary N) is 1. The molecule has 0 bridgehead atoms. The fourth-order valence-corrected chi connectivity index (χ4v) is 3.59. The minimum Gasteiger partial charge on any atom is -0.373 e. The van der Waals surface area contributed by atoms with E-state index in [9.17, 15) is 4.79 Å². The molecule has 3 heterocycles. The van der Waals surface area contributed by atoms with Crippen LogP contribution in [-0.4, -0.2) is 44.1 Å². The molecular weight excluding hydrogens is 316 g/mol. The number of anilines is 1. The minimum atomic E-state index is 0.0265.